The van der Waals surface area contributed by atoms with Crippen molar-refractivity contribution in [3.05, 3.63) is 29.6 Å². The number of aromatic amines is 1. The molecule has 60 valence electrons. The first kappa shape index (κ1) is 8.30. The van der Waals surface area contributed by atoms with Crippen molar-refractivity contribution >= 4 is 11.6 Å². The predicted molar refractivity (Wildman–Crippen MR) is 45.3 cm³/mol. The minimum Gasteiger partial charge on any atom is -0.306 e. The summed E-state index contributed by atoms with van der Waals surface area (Å²) >= 11 is 5.54. The molecule has 1 heterocycles. The molecular weight excluding hydrogens is 162 g/mol. The highest BCUT2D eigenvalue weighted by Gasteiger charge is 1.92. The summed E-state index contributed by atoms with van der Waals surface area (Å²) in [4.78, 5) is 0. The maximum absolute atomic E-state index is 5.54. The van der Waals surface area contributed by atoms with E-state index in [4.69, 9.17) is 11.6 Å². The SMILES string of the molecule is C=C(Cl)CNCc1ccn[nH]1. The van der Waals surface area contributed by atoms with E-state index in [2.05, 4.69) is 22.1 Å². The maximum atomic E-state index is 5.54. The summed E-state index contributed by atoms with van der Waals surface area (Å²) in [6.45, 7) is 4.92. The fourth-order valence-electron chi connectivity index (χ4n) is 0.716. The second-order valence-electron chi connectivity index (χ2n) is 2.20. The van der Waals surface area contributed by atoms with E-state index in [9.17, 15) is 0 Å². The van der Waals surface area contributed by atoms with Crippen LogP contribution < -0.4 is 5.32 Å². The molecule has 3 nitrogen and oxygen atoms in total. The van der Waals surface area contributed by atoms with Crippen LogP contribution >= 0.6 is 11.6 Å². The number of hydrogen-bond acceptors (Lipinski definition) is 2. The average molecular weight is 172 g/mol. The summed E-state index contributed by atoms with van der Waals surface area (Å²) in [5, 5.41) is 10.3. The molecule has 2 N–H and O–H groups in total. The van der Waals surface area contributed by atoms with Gasteiger partial charge in [0.05, 0.1) is 0 Å². The molecule has 0 atom stereocenters. The zero-order valence-electron chi connectivity index (χ0n) is 6.10. The Bertz CT molecular complexity index is 218. The van der Waals surface area contributed by atoms with Gasteiger partial charge in [0.15, 0.2) is 0 Å². The van der Waals surface area contributed by atoms with Gasteiger partial charge in [0.25, 0.3) is 0 Å². The Kier molecular flexibility index (Phi) is 3.14. The number of nitrogens with one attached hydrogen (secondary N) is 2. The lowest BCUT2D eigenvalue weighted by atomic mass is 10.4. The summed E-state index contributed by atoms with van der Waals surface area (Å²) in [5.74, 6) is 0. The van der Waals surface area contributed by atoms with E-state index in [1.165, 1.54) is 0 Å². The highest BCUT2D eigenvalue weighted by Crippen LogP contribution is 1.94. The van der Waals surface area contributed by atoms with Gasteiger partial charge >= 0.3 is 0 Å². The van der Waals surface area contributed by atoms with Crippen LogP contribution in [0.15, 0.2) is 23.9 Å². The lowest BCUT2D eigenvalue weighted by Gasteiger charge is -1.99. The normalized spacial score (nSPS) is 9.91. The molecule has 1 aromatic rings. The Morgan fingerprint density at radius 3 is 3.18 bits per heavy atom. The number of halogens is 1. The standard InChI is InChI=1S/C7H10ClN3/c1-6(8)4-9-5-7-2-3-10-11-7/h2-3,9H,1,4-5H2,(H,10,11). The number of H-pyrrole nitrogens is 1. The van der Waals surface area contributed by atoms with Crippen LogP contribution in [0.4, 0.5) is 0 Å². The van der Waals surface area contributed by atoms with Crippen LogP contribution in [0, 0.1) is 0 Å². The molecule has 0 aromatic carbocycles. The van der Waals surface area contributed by atoms with Crippen LogP contribution in [0.2, 0.25) is 0 Å². The van der Waals surface area contributed by atoms with Crippen molar-refractivity contribution in [2.24, 2.45) is 0 Å². The van der Waals surface area contributed by atoms with E-state index < -0.39 is 0 Å². The van der Waals surface area contributed by atoms with Gasteiger partial charge < -0.3 is 5.32 Å². The molecule has 0 aliphatic rings. The van der Waals surface area contributed by atoms with Gasteiger partial charge in [0.2, 0.25) is 0 Å². The van der Waals surface area contributed by atoms with E-state index in [1.54, 1.807) is 6.20 Å². The molecule has 0 bridgehead atoms. The monoisotopic (exact) mass is 171 g/mol. The van der Waals surface area contributed by atoms with Gasteiger partial charge in [0, 0.05) is 30.0 Å². The maximum Gasteiger partial charge on any atom is 0.0490 e. The van der Waals surface area contributed by atoms with Crippen LogP contribution in [0.1, 0.15) is 5.69 Å². The van der Waals surface area contributed by atoms with Gasteiger partial charge in [-0.3, -0.25) is 5.10 Å². The number of aromatic nitrogens is 2. The topological polar surface area (TPSA) is 40.7 Å². The molecule has 11 heavy (non-hydrogen) atoms. The number of hydrogen-bond donors (Lipinski definition) is 2. The van der Waals surface area contributed by atoms with E-state index in [-0.39, 0.29) is 0 Å². The largest absolute Gasteiger partial charge is 0.306 e. The Balaban J connectivity index is 2.19. The van der Waals surface area contributed by atoms with E-state index >= 15 is 0 Å². The van der Waals surface area contributed by atoms with Gasteiger partial charge in [-0.25, -0.2) is 0 Å². The number of nitrogens with zero attached hydrogens (tertiary/aromatic N) is 1. The first-order chi connectivity index (χ1) is 5.29. The molecule has 0 amide bonds. The molecule has 0 spiro atoms. The Hall–Kier alpha value is -0.800. The van der Waals surface area contributed by atoms with Crippen molar-refractivity contribution in [2.75, 3.05) is 6.54 Å². The fourth-order valence-corrected chi connectivity index (χ4v) is 0.810. The lowest BCUT2D eigenvalue weighted by molar-refractivity contribution is 0.732. The van der Waals surface area contributed by atoms with Crippen LogP contribution in [-0.4, -0.2) is 16.7 Å². The van der Waals surface area contributed by atoms with Crippen molar-refractivity contribution in [1.82, 2.24) is 15.5 Å². The molecule has 0 aliphatic carbocycles. The van der Waals surface area contributed by atoms with E-state index in [0.29, 0.717) is 11.6 Å². The summed E-state index contributed by atoms with van der Waals surface area (Å²) in [7, 11) is 0. The predicted octanol–water partition coefficient (Wildman–Crippen LogP) is 1.25. The Morgan fingerprint density at radius 2 is 2.64 bits per heavy atom. The van der Waals surface area contributed by atoms with Gasteiger partial charge in [-0.2, -0.15) is 5.10 Å². The van der Waals surface area contributed by atoms with E-state index in [1.807, 2.05) is 6.07 Å². The summed E-state index contributed by atoms with van der Waals surface area (Å²) in [6, 6.07) is 1.91. The fraction of sp³-hybridized carbons (Fsp3) is 0.286. The van der Waals surface area contributed by atoms with Gasteiger partial charge in [-0.05, 0) is 6.07 Å². The van der Waals surface area contributed by atoms with Crippen LogP contribution in [-0.2, 0) is 6.54 Å². The third-order valence-electron chi connectivity index (χ3n) is 1.19. The third-order valence-corrected chi connectivity index (χ3v) is 1.32. The van der Waals surface area contributed by atoms with Crippen molar-refractivity contribution in [1.29, 1.82) is 0 Å². The second kappa shape index (κ2) is 4.16. The van der Waals surface area contributed by atoms with Gasteiger partial charge in [-0.1, -0.05) is 18.2 Å². The lowest BCUT2D eigenvalue weighted by Crippen LogP contribution is -2.14. The highest BCUT2D eigenvalue weighted by molar-refractivity contribution is 6.29. The van der Waals surface area contributed by atoms with Crippen molar-refractivity contribution in [2.45, 2.75) is 6.54 Å². The first-order valence-corrected chi connectivity index (χ1v) is 3.69. The molecule has 0 fully saturated rings. The van der Waals surface area contributed by atoms with Crippen LogP contribution in [0.3, 0.4) is 0 Å². The van der Waals surface area contributed by atoms with Crippen LogP contribution in [0.5, 0.6) is 0 Å². The molecule has 4 heteroatoms. The molecule has 1 aromatic heterocycles. The molecule has 0 aliphatic heterocycles. The van der Waals surface area contributed by atoms with Crippen molar-refractivity contribution in [3.63, 3.8) is 0 Å². The zero-order valence-corrected chi connectivity index (χ0v) is 6.86. The first-order valence-electron chi connectivity index (χ1n) is 3.31. The minimum absolute atomic E-state index is 0.615. The van der Waals surface area contributed by atoms with Crippen LogP contribution in [0.25, 0.3) is 0 Å². The zero-order chi connectivity index (χ0) is 8.10. The average Bonchev–Trinajstić information content (AvgIpc) is 2.39. The third kappa shape index (κ3) is 3.20. The molecule has 0 unspecified atom stereocenters. The second-order valence-corrected chi connectivity index (χ2v) is 2.74. The number of rotatable bonds is 4. The molecule has 0 saturated heterocycles. The molecule has 0 saturated carbocycles. The van der Waals surface area contributed by atoms with Crippen molar-refractivity contribution < 1.29 is 0 Å². The summed E-state index contributed by atoms with van der Waals surface area (Å²) in [6.07, 6.45) is 1.71. The Morgan fingerprint density at radius 1 is 1.82 bits per heavy atom. The highest BCUT2D eigenvalue weighted by atomic mass is 35.5. The smallest absolute Gasteiger partial charge is 0.0490 e. The van der Waals surface area contributed by atoms with E-state index in [0.717, 1.165) is 12.2 Å². The van der Waals surface area contributed by atoms with Gasteiger partial charge in [-0.15, -0.1) is 0 Å². The molecular formula is C7H10ClN3. The molecule has 0 radical (unpaired) electrons. The molecule has 1 rings (SSSR count). The van der Waals surface area contributed by atoms with Crippen molar-refractivity contribution in [3.8, 4) is 0 Å². The van der Waals surface area contributed by atoms with Gasteiger partial charge in [0.1, 0.15) is 0 Å². The summed E-state index contributed by atoms with van der Waals surface area (Å²) in [5.41, 5.74) is 1.04. The summed E-state index contributed by atoms with van der Waals surface area (Å²) < 4.78 is 0. The quantitative estimate of drug-likeness (QED) is 0.716. The minimum atomic E-state index is 0.615. The Labute approximate surface area is 70.5 Å².